The normalized spacial score (nSPS) is 17.3. The minimum absolute atomic E-state index is 0.107. The van der Waals surface area contributed by atoms with Gasteiger partial charge in [0.25, 0.3) is 0 Å². The van der Waals surface area contributed by atoms with Gasteiger partial charge >= 0.3 is 0 Å². The number of nitrogens with one attached hydrogen (secondary N) is 2. The maximum absolute atomic E-state index is 12.0. The second kappa shape index (κ2) is 10.2. The fourth-order valence-electron chi connectivity index (χ4n) is 4.10. The van der Waals surface area contributed by atoms with Gasteiger partial charge in [0.05, 0.1) is 0 Å². The van der Waals surface area contributed by atoms with Gasteiger partial charge < -0.3 is 15.6 Å². The van der Waals surface area contributed by atoms with Gasteiger partial charge in [-0.3, -0.25) is 4.79 Å². The summed E-state index contributed by atoms with van der Waals surface area (Å²) in [5.41, 5.74) is 2.28. The molecule has 0 aliphatic carbocycles. The molecule has 1 amide bonds. The Morgan fingerprint density at radius 3 is 2.36 bits per heavy atom. The van der Waals surface area contributed by atoms with Crippen molar-refractivity contribution in [3.63, 3.8) is 0 Å². The first-order valence-electron chi connectivity index (χ1n) is 10.9. The highest BCUT2D eigenvalue weighted by molar-refractivity contribution is 5.92. The van der Waals surface area contributed by atoms with E-state index in [0.717, 1.165) is 57.5 Å². The number of carbonyl (C=O) groups is 1. The summed E-state index contributed by atoms with van der Waals surface area (Å²) in [7, 11) is 0. The molecule has 4 nitrogen and oxygen atoms in total. The van der Waals surface area contributed by atoms with Crippen LogP contribution in [0.1, 0.15) is 71.8 Å². The third kappa shape index (κ3) is 6.44. The van der Waals surface area contributed by atoms with Crippen LogP contribution in [-0.4, -0.2) is 42.7 Å². The van der Waals surface area contributed by atoms with Gasteiger partial charge in [0.1, 0.15) is 0 Å². The van der Waals surface area contributed by atoms with Gasteiger partial charge in [-0.1, -0.05) is 64.4 Å². The van der Waals surface area contributed by atoms with Crippen molar-refractivity contribution >= 4 is 11.6 Å². The Balaban J connectivity index is 1.85. The molecule has 4 heteroatoms. The number of rotatable bonds is 9. The number of nitrogens with zero attached hydrogens (tertiary/aromatic N) is 1. The number of likely N-dealkylation sites (tertiary alicyclic amines) is 1. The Kier molecular flexibility index (Phi) is 8.23. The summed E-state index contributed by atoms with van der Waals surface area (Å²) in [5, 5.41) is 11.8. The van der Waals surface area contributed by atoms with Gasteiger partial charge in [-0.05, 0) is 49.8 Å². The van der Waals surface area contributed by atoms with Crippen LogP contribution in [0.4, 0.5) is 0 Å². The summed E-state index contributed by atoms with van der Waals surface area (Å²) in [4.78, 5) is 14.5. The Labute approximate surface area is 171 Å². The van der Waals surface area contributed by atoms with Crippen LogP contribution in [0.5, 0.6) is 0 Å². The lowest BCUT2D eigenvalue weighted by molar-refractivity contribution is -0.121. The number of piperidine rings is 1. The van der Waals surface area contributed by atoms with Gasteiger partial charge in [0.2, 0.25) is 5.91 Å². The molecular formula is C24H39N3O. The summed E-state index contributed by atoms with van der Waals surface area (Å²) in [6.45, 7) is 12.2. The Hall–Kier alpha value is -1.68. The first-order valence-corrected chi connectivity index (χ1v) is 10.9. The third-order valence-electron chi connectivity index (χ3n) is 5.97. The molecule has 2 rings (SSSR count). The van der Waals surface area contributed by atoms with Crippen LogP contribution in [0.2, 0.25) is 0 Å². The molecule has 0 spiro atoms. The van der Waals surface area contributed by atoms with Crippen molar-refractivity contribution in [2.75, 3.05) is 26.2 Å². The summed E-state index contributed by atoms with van der Waals surface area (Å²) in [5.74, 6) is 0.162. The van der Waals surface area contributed by atoms with E-state index in [0.29, 0.717) is 13.0 Å². The van der Waals surface area contributed by atoms with E-state index < -0.39 is 0 Å². The lowest BCUT2D eigenvalue weighted by atomic mass is 9.68. The Morgan fingerprint density at radius 2 is 1.79 bits per heavy atom. The van der Waals surface area contributed by atoms with Crippen molar-refractivity contribution in [3.05, 3.63) is 35.9 Å². The molecule has 28 heavy (non-hydrogen) atoms. The highest BCUT2D eigenvalue weighted by atomic mass is 16.1. The van der Waals surface area contributed by atoms with Gasteiger partial charge in [-0.15, -0.1) is 0 Å². The predicted molar refractivity (Wildman–Crippen MR) is 118 cm³/mol. The van der Waals surface area contributed by atoms with E-state index in [1.807, 2.05) is 0 Å². The van der Waals surface area contributed by atoms with Crippen molar-refractivity contribution in [1.82, 2.24) is 10.2 Å². The van der Waals surface area contributed by atoms with E-state index in [1.54, 1.807) is 0 Å². The minimum atomic E-state index is -0.107. The molecule has 1 aliphatic heterocycles. The fourth-order valence-corrected chi connectivity index (χ4v) is 4.10. The lowest BCUT2D eigenvalue weighted by Crippen LogP contribution is -2.48. The molecule has 1 aromatic rings. The lowest BCUT2D eigenvalue weighted by Gasteiger charge is -2.43. The first kappa shape index (κ1) is 22.6. The molecule has 0 atom stereocenters. The molecule has 1 aromatic carbocycles. The molecule has 1 heterocycles. The van der Waals surface area contributed by atoms with Crippen molar-refractivity contribution in [1.29, 1.82) is 5.41 Å². The largest absolute Gasteiger partial charge is 0.355 e. The van der Waals surface area contributed by atoms with Crippen LogP contribution in [0, 0.1) is 10.8 Å². The minimum Gasteiger partial charge on any atom is -0.355 e. The monoisotopic (exact) mass is 385 g/mol. The molecule has 1 saturated heterocycles. The Morgan fingerprint density at radius 1 is 1.14 bits per heavy atom. The summed E-state index contributed by atoms with van der Waals surface area (Å²) in [6.07, 6.45) is 5.41. The molecule has 0 radical (unpaired) electrons. The van der Waals surface area contributed by atoms with Crippen molar-refractivity contribution in [3.8, 4) is 0 Å². The standard InChI is InChI=1S/C24H39N3O/c1-5-9-21(25)24(20-10-7-6-8-11-20)14-17-27(18-15-24)19-16-26-22(28)12-13-23(2,3)4/h6-8,10-11,25H,5,9,12-19H2,1-4H3,(H,26,28). The second-order valence-electron chi connectivity index (χ2n) is 9.43. The number of amides is 1. The van der Waals surface area contributed by atoms with Gasteiger partial charge in [0, 0.05) is 30.6 Å². The molecule has 1 aliphatic rings. The Bertz CT molecular complexity index is 625. The maximum atomic E-state index is 12.0. The molecular weight excluding hydrogens is 346 g/mol. The van der Waals surface area contributed by atoms with E-state index in [1.165, 1.54) is 5.56 Å². The van der Waals surface area contributed by atoms with Crippen LogP contribution in [0.25, 0.3) is 0 Å². The molecule has 1 fully saturated rings. The maximum Gasteiger partial charge on any atom is 0.220 e. The number of carbonyl (C=O) groups excluding carboxylic acids is 1. The van der Waals surface area contributed by atoms with E-state index in [4.69, 9.17) is 5.41 Å². The zero-order valence-electron chi connectivity index (χ0n) is 18.3. The number of benzene rings is 1. The molecule has 0 aromatic heterocycles. The van der Waals surface area contributed by atoms with Gasteiger partial charge in [0.15, 0.2) is 0 Å². The zero-order valence-corrected chi connectivity index (χ0v) is 18.3. The molecule has 0 saturated carbocycles. The third-order valence-corrected chi connectivity index (χ3v) is 5.97. The van der Waals surface area contributed by atoms with Crippen molar-refractivity contribution in [2.24, 2.45) is 5.41 Å². The summed E-state index contributed by atoms with van der Waals surface area (Å²) in [6, 6.07) is 10.6. The smallest absolute Gasteiger partial charge is 0.220 e. The zero-order chi connectivity index (χ0) is 20.6. The van der Waals surface area contributed by atoms with Crippen molar-refractivity contribution in [2.45, 2.75) is 71.6 Å². The van der Waals surface area contributed by atoms with Crippen LogP contribution >= 0.6 is 0 Å². The van der Waals surface area contributed by atoms with Crippen LogP contribution < -0.4 is 5.32 Å². The predicted octanol–water partition coefficient (Wildman–Crippen LogP) is 4.78. The highest BCUT2D eigenvalue weighted by Crippen LogP contribution is 2.37. The van der Waals surface area contributed by atoms with E-state index in [9.17, 15) is 4.79 Å². The quantitative estimate of drug-likeness (QED) is 0.601. The number of hydrogen-bond donors (Lipinski definition) is 2. The van der Waals surface area contributed by atoms with Gasteiger partial charge in [-0.25, -0.2) is 0 Å². The average Bonchev–Trinajstić information content (AvgIpc) is 2.67. The molecule has 2 N–H and O–H groups in total. The van der Waals surface area contributed by atoms with E-state index in [-0.39, 0.29) is 16.7 Å². The molecule has 0 bridgehead atoms. The van der Waals surface area contributed by atoms with E-state index in [2.05, 4.69) is 68.2 Å². The van der Waals surface area contributed by atoms with Gasteiger partial charge in [-0.2, -0.15) is 0 Å². The summed E-state index contributed by atoms with van der Waals surface area (Å²) >= 11 is 0. The molecule has 0 unspecified atom stereocenters. The first-order chi connectivity index (χ1) is 13.3. The average molecular weight is 386 g/mol. The molecule has 156 valence electrons. The second-order valence-corrected chi connectivity index (χ2v) is 9.43. The SMILES string of the molecule is CCCC(=N)C1(c2ccccc2)CCN(CCNC(=O)CCC(C)(C)C)CC1. The van der Waals surface area contributed by atoms with Crippen LogP contribution in [-0.2, 0) is 10.2 Å². The fraction of sp³-hybridized carbons (Fsp3) is 0.667. The van der Waals surface area contributed by atoms with Crippen LogP contribution in [0.3, 0.4) is 0 Å². The van der Waals surface area contributed by atoms with E-state index >= 15 is 0 Å². The topological polar surface area (TPSA) is 56.2 Å². The van der Waals surface area contributed by atoms with Crippen LogP contribution in [0.15, 0.2) is 30.3 Å². The number of hydrogen-bond acceptors (Lipinski definition) is 3. The summed E-state index contributed by atoms with van der Waals surface area (Å²) < 4.78 is 0. The highest BCUT2D eigenvalue weighted by Gasteiger charge is 2.39. The van der Waals surface area contributed by atoms with Crippen molar-refractivity contribution < 1.29 is 4.79 Å².